The van der Waals surface area contributed by atoms with Gasteiger partial charge in [-0.15, -0.1) is 0 Å². The maximum atomic E-state index is 13.0. The van der Waals surface area contributed by atoms with Crippen LogP contribution < -0.4 is 5.73 Å². The van der Waals surface area contributed by atoms with Gasteiger partial charge >= 0.3 is 18.3 Å². The van der Waals surface area contributed by atoms with Gasteiger partial charge in [0.1, 0.15) is 0 Å². The van der Waals surface area contributed by atoms with Gasteiger partial charge in [0.15, 0.2) is 0 Å². The highest BCUT2D eigenvalue weighted by molar-refractivity contribution is 5.41. The van der Waals surface area contributed by atoms with Gasteiger partial charge in [0.05, 0.1) is 0 Å². The Morgan fingerprint density at radius 2 is 1.38 bits per heavy atom. The van der Waals surface area contributed by atoms with E-state index in [-0.39, 0.29) is 5.69 Å². The number of halogens is 6. The number of alkyl halides is 6. The summed E-state index contributed by atoms with van der Waals surface area (Å²) in [4.78, 5) is 0. The van der Waals surface area contributed by atoms with Crippen molar-refractivity contribution in [3.8, 4) is 0 Å². The smallest absolute Gasteiger partial charge is 0.373 e. The second-order valence-electron chi connectivity index (χ2n) is 3.12. The molecule has 0 amide bonds. The van der Waals surface area contributed by atoms with Gasteiger partial charge in [-0.1, -0.05) is 12.1 Å². The van der Waals surface area contributed by atoms with Crippen LogP contribution in [0.15, 0.2) is 24.3 Å². The van der Waals surface area contributed by atoms with Crippen molar-refractivity contribution in [3.63, 3.8) is 0 Å². The third-order valence-corrected chi connectivity index (χ3v) is 1.97. The zero-order chi connectivity index (χ0) is 12.6. The van der Waals surface area contributed by atoms with E-state index in [1.807, 2.05) is 0 Å². The molecule has 1 rings (SSSR count). The highest BCUT2D eigenvalue weighted by Gasteiger charge is 2.63. The first kappa shape index (κ1) is 12.7. The van der Waals surface area contributed by atoms with E-state index in [2.05, 4.69) is 0 Å². The summed E-state index contributed by atoms with van der Waals surface area (Å²) >= 11 is 0. The number of anilines is 1. The van der Waals surface area contributed by atoms with E-state index in [4.69, 9.17) is 5.73 Å². The van der Waals surface area contributed by atoms with E-state index < -0.39 is 23.8 Å². The Bertz CT molecular complexity index is 359. The van der Waals surface area contributed by atoms with Crippen LogP contribution in [0.2, 0.25) is 0 Å². The average molecular weight is 243 g/mol. The molecule has 1 nitrogen and oxygen atoms in total. The summed E-state index contributed by atoms with van der Waals surface area (Å²) in [6.45, 7) is 0. The Morgan fingerprint density at radius 1 is 0.938 bits per heavy atom. The van der Waals surface area contributed by atoms with Crippen molar-refractivity contribution < 1.29 is 26.3 Å². The van der Waals surface area contributed by atoms with E-state index in [1.165, 1.54) is 0 Å². The number of hydrogen-bond acceptors (Lipinski definition) is 1. The monoisotopic (exact) mass is 243 g/mol. The molecule has 1 aromatic rings. The van der Waals surface area contributed by atoms with Crippen molar-refractivity contribution in [2.45, 2.75) is 18.3 Å². The Kier molecular flexibility index (Phi) is 3.07. The number of hydrogen-bond donors (Lipinski definition) is 1. The van der Waals surface area contributed by atoms with Gasteiger partial charge < -0.3 is 5.73 Å². The van der Waals surface area contributed by atoms with Crippen molar-refractivity contribution in [2.75, 3.05) is 5.73 Å². The summed E-state index contributed by atoms with van der Waals surface area (Å²) in [6.07, 6.45) is -4.44. The Morgan fingerprint density at radius 3 is 1.75 bits per heavy atom. The van der Waals surface area contributed by atoms with Gasteiger partial charge in [-0.25, -0.2) is 8.78 Å². The topological polar surface area (TPSA) is 26.0 Å². The summed E-state index contributed by atoms with van der Waals surface area (Å²) in [5, 5.41) is 0. The molecule has 0 heterocycles. The highest BCUT2D eigenvalue weighted by atomic mass is 19.3. The van der Waals surface area contributed by atoms with Gasteiger partial charge in [-0.05, 0) is 12.1 Å². The fourth-order valence-electron chi connectivity index (χ4n) is 1.02. The van der Waals surface area contributed by atoms with Crippen LogP contribution in [-0.4, -0.2) is 12.3 Å². The fraction of sp³-hybridized carbons (Fsp3) is 0.333. The standard InChI is InChI=1S/C9H7F6N/c10-7(11)9(14,15)8(12,13)5-1-3-6(16)4-2-5/h1-4,7H,16H2. The fourth-order valence-corrected chi connectivity index (χ4v) is 1.02. The number of nitrogen functional groups attached to an aromatic ring is 1. The molecule has 0 fully saturated rings. The first-order valence-corrected chi connectivity index (χ1v) is 4.09. The number of benzene rings is 1. The zero-order valence-corrected chi connectivity index (χ0v) is 7.73. The van der Waals surface area contributed by atoms with Crippen LogP contribution in [0.5, 0.6) is 0 Å². The molecule has 0 spiro atoms. The average Bonchev–Trinajstić information content (AvgIpc) is 2.17. The Balaban J connectivity index is 3.15. The zero-order valence-electron chi connectivity index (χ0n) is 7.73. The minimum absolute atomic E-state index is 0.0694. The molecular weight excluding hydrogens is 236 g/mol. The summed E-state index contributed by atoms with van der Waals surface area (Å²) in [7, 11) is 0. The lowest BCUT2D eigenvalue weighted by Crippen LogP contribution is -2.44. The van der Waals surface area contributed by atoms with Crippen LogP contribution in [-0.2, 0) is 5.92 Å². The largest absolute Gasteiger partial charge is 0.399 e. The number of rotatable bonds is 3. The summed E-state index contributed by atoms with van der Waals surface area (Å²) in [5.74, 6) is -10.3. The molecule has 0 aliphatic rings. The van der Waals surface area contributed by atoms with E-state index >= 15 is 0 Å². The quantitative estimate of drug-likeness (QED) is 0.640. The second-order valence-corrected chi connectivity index (χ2v) is 3.12. The lowest BCUT2D eigenvalue weighted by atomic mass is 10.0. The number of nitrogens with two attached hydrogens (primary N) is 1. The maximum absolute atomic E-state index is 13.0. The summed E-state index contributed by atoms with van der Waals surface area (Å²) in [5.41, 5.74) is 4.03. The third-order valence-electron chi connectivity index (χ3n) is 1.97. The molecule has 90 valence electrons. The van der Waals surface area contributed by atoms with Crippen LogP contribution in [0.4, 0.5) is 32.0 Å². The molecule has 7 heteroatoms. The normalized spacial score (nSPS) is 13.2. The molecular formula is C9H7F6N. The predicted octanol–water partition coefficient (Wildman–Crippen LogP) is 3.26. The van der Waals surface area contributed by atoms with Crippen LogP contribution in [0, 0.1) is 0 Å². The summed E-state index contributed by atoms with van der Waals surface area (Å²) < 4.78 is 74.9. The van der Waals surface area contributed by atoms with Crippen molar-refractivity contribution in [3.05, 3.63) is 29.8 Å². The third kappa shape index (κ3) is 1.94. The van der Waals surface area contributed by atoms with Crippen LogP contribution >= 0.6 is 0 Å². The molecule has 0 aliphatic carbocycles. The molecule has 0 saturated heterocycles. The lowest BCUT2D eigenvalue weighted by Gasteiger charge is -2.25. The molecule has 16 heavy (non-hydrogen) atoms. The molecule has 0 saturated carbocycles. The molecule has 0 radical (unpaired) electrons. The molecule has 0 aromatic heterocycles. The molecule has 0 unspecified atom stereocenters. The van der Waals surface area contributed by atoms with Gasteiger partial charge in [0.25, 0.3) is 0 Å². The minimum Gasteiger partial charge on any atom is -0.399 e. The van der Waals surface area contributed by atoms with Crippen LogP contribution in [0.25, 0.3) is 0 Å². The van der Waals surface area contributed by atoms with E-state index in [0.717, 1.165) is 12.1 Å². The van der Waals surface area contributed by atoms with Crippen molar-refractivity contribution in [2.24, 2.45) is 0 Å². The van der Waals surface area contributed by atoms with Crippen molar-refractivity contribution >= 4 is 5.69 Å². The maximum Gasteiger partial charge on any atom is 0.373 e. The van der Waals surface area contributed by atoms with Crippen molar-refractivity contribution in [1.29, 1.82) is 0 Å². The van der Waals surface area contributed by atoms with Gasteiger partial charge in [0, 0.05) is 11.3 Å². The molecule has 0 bridgehead atoms. The second kappa shape index (κ2) is 3.88. The highest BCUT2D eigenvalue weighted by Crippen LogP contribution is 2.46. The molecule has 2 N–H and O–H groups in total. The SMILES string of the molecule is Nc1ccc(C(F)(F)C(F)(F)C(F)F)cc1. The summed E-state index contributed by atoms with van der Waals surface area (Å²) in [6, 6.07) is 3.05. The van der Waals surface area contributed by atoms with Crippen molar-refractivity contribution in [1.82, 2.24) is 0 Å². The van der Waals surface area contributed by atoms with Gasteiger partial charge in [-0.2, -0.15) is 17.6 Å². The van der Waals surface area contributed by atoms with Gasteiger partial charge in [0.2, 0.25) is 0 Å². The molecule has 0 aliphatic heterocycles. The minimum atomic E-state index is -5.41. The van der Waals surface area contributed by atoms with Gasteiger partial charge in [-0.3, -0.25) is 0 Å². The van der Waals surface area contributed by atoms with E-state index in [9.17, 15) is 26.3 Å². The van der Waals surface area contributed by atoms with E-state index in [1.54, 1.807) is 0 Å². The van der Waals surface area contributed by atoms with E-state index in [0.29, 0.717) is 12.1 Å². The van der Waals surface area contributed by atoms with Crippen LogP contribution in [0.1, 0.15) is 5.56 Å². The first-order chi connectivity index (χ1) is 7.19. The molecule has 0 atom stereocenters. The Hall–Kier alpha value is -1.40. The molecule has 1 aromatic carbocycles. The first-order valence-electron chi connectivity index (χ1n) is 4.09. The van der Waals surface area contributed by atoms with Crippen LogP contribution in [0.3, 0.4) is 0 Å². The lowest BCUT2D eigenvalue weighted by molar-refractivity contribution is -0.270. The Labute approximate surface area is 86.9 Å². The predicted molar refractivity (Wildman–Crippen MR) is 45.7 cm³/mol.